The zero-order valence-electron chi connectivity index (χ0n) is 9.79. The largest absolute Gasteiger partial charge is 0.394 e. The number of hydrogen-bond acceptors (Lipinski definition) is 4. The third kappa shape index (κ3) is 3.14. The van der Waals surface area contributed by atoms with Crippen LogP contribution in [-0.2, 0) is 9.47 Å². The van der Waals surface area contributed by atoms with E-state index in [9.17, 15) is 0 Å². The molecule has 0 radical (unpaired) electrons. The van der Waals surface area contributed by atoms with Crippen molar-refractivity contribution in [2.75, 3.05) is 26.4 Å². The summed E-state index contributed by atoms with van der Waals surface area (Å²) in [6, 6.07) is 0. The monoisotopic (exact) mass is 217 g/mol. The number of aliphatic hydroxyl groups is 1. The van der Waals surface area contributed by atoms with E-state index in [-0.39, 0.29) is 17.8 Å². The van der Waals surface area contributed by atoms with Crippen LogP contribution in [0.25, 0.3) is 0 Å². The van der Waals surface area contributed by atoms with Crippen LogP contribution in [0.15, 0.2) is 0 Å². The van der Waals surface area contributed by atoms with Gasteiger partial charge in [0.25, 0.3) is 0 Å². The third-order valence-electron chi connectivity index (χ3n) is 3.32. The molecular weight excluding hydrogens is 194 g/mol. The second-order valence-corrected chi connectivity index (χ2v) is 4.54. The van der Waals surface area contributed by atoms with Gasteiger partial charge in [-0.05, 0) is 13.3 Å². The van der Waals surface area contributed by atoms with Crippen LogP contribution < -0.4 is 5.73 Å². The average molecular weight is 217 g/mol. The molecule has 1 aliphatic heterocycles. The summed E-state index contributed by atoms with van der Waals surface area (Å²) in [5, 5.41) is 8.80. The van der Waals surface area contributed by atoms with Gasteiger partial charge in [-0.1, -0.05) is 6.92 Å². The van der Waals surface area contributed by atoms with Crippen molar-refractivity contribution in [3.63, 3.8) is 0 Å². The van der Waals surface area contributed by atoms with E-state index < -0.39 is 0 Å². The first-order valence-corrected chi connectivity index (χ1v) is 5.68. The molecule has 90 valence electrons. The van der Waals surface area contributed by atoms with Gasteiger partial charge in [0.15, 0.2) is 0 Å². The van der Waals surface area contributed by atoms with Gasteiger partial charge in [-0.15, -0.1) is 0 Å². The lowest BCUT2D eigenvalue weighted by atomic mass is 9.81. The highest BCUT2D eigenvalue weighted by Crippen LogP contribution is 2.36. The van der Waals surface area contributed by atoms with Gasteiger partial charge in [-0.3, -0.25) is 0 Å². The predicted octanol–water partition coefficient (Wildman–Crippen LogP) is 0.672. The van der Waals surface area contributed by atoms with Crippen LogP contribution in [0.3, 0.4) is 0 Å². The Morgan fingerprint density at radius 1 is 1.53 bits per heavy atom. The van der Waals surface area contributed by atoms with Crippen molar-refractivity contribution in [3.8, 4) is 0 Å². The molecule has 0 aromatic carbocycles. The van der Waals surface area contributed by atoms with Crippen LogP contribution in [0.2, 0.25) is 0 Å². The van der Waals surface area contributed by atoms with Gasteiger partial charge in [0.05, 0.1) is 31.0 Å². The Balaban J connectivity index is 2.63. The number of nitrogens with two attached hydrogens (primary N) is 1. The van der Waals surface area contributed by atoms with Gasteiger partial charge >= 0.3 is 0 Å². The highest BCUT2D eigenvalue weighted by Gasteiger charge is 2.42. The summed E-state index contributed by atoms with van der Waals surface area (Å²) in [5.41, 5.74) is 5.36. The van der Waals surface area contributed by atoms with Gasteiger partial charge in [0, 0.05) is 19.4 Å². The Hall–Kier alpha value is -0.160. The zero-order chi connectivity index (χ0) is 11.4. The SMILES string of the molecule is CCC1(C)CC(CN)(OCCO)CCO1. The minimum absolute atomic E-state index is 0.0471. The predicted molar refractivity (Wildman–Crippen MR) is 58.7 cm³/mol. The van der Waals surface area contributed by atoms with Crippen LogP contribution in [0.5, 0.6) is 0 Å². The summed E-state index contributed by atoms with van der Waals surface area (Å²) in [5.74, 6) is 0. The van der Waals surface area contributed by atoms with Crippen molar-refractivity contribution in [2.45, 2.75) is 44.3 Å². The molecule has 15 heavy (non-hydrogen) atoms. The molecule has 0 aromatic heterocycles. The maximum absolute atomic E-state index is 8.80. The third-order valence-corrected chi connectivity index (χ3v) is 3.32. The summed E-state index contributed by atoms with van der Waals surface area (Å²) in [6.07, 6.45) is 2.59. The topological polar surface area (TPSA) is 64.7 Å². The van der Waals surface area contributed by atoms with E-state index in [2.05, 4.69) is 13.8 Å². The average Bonchev–Trinajstić information content (AvgIpc) is 2.27. The molecule has 0 spiro atoms. The van der Waals surface area contributed by atoms with E-state index in [4.69, 9.17) is 20.3 Å². The molecular formula is C11H23NO3. The number of aliphatic hydroxyl groups excluding tert-OH is 1. The molecule has 1 heterocycles. The molecule has 0 amide bonds. The molecule has 4 nitrogen and oxygen atoms in total. The summed E-state index contributed by atoms with van der Waals surface area (Å²) in [6.45, 7) is 5.79. The standard InChI is InChI=1S/C11H23NO3/c1-3-10(2)8-11(9-12,4-6-14-10)15-7-5-13/h13H,3-9,12H2,1-2H3. The summed E-state index contributed by atoms with van der Waals surface area (Å²) in [4.78, 5) is 0. The molecule has 4 heteroatoms. The Kier molecular flexibility index (Phi) is 4.52. The van der Waals surface area contributed by atoms with Crippen molar-refractivity contribution in [1.82, 2.24) is 0 Å². The molecule has 1 aliphatic rings. The van der Waals surface area contributed by atoms with Crippen LogP contribution in [0, 0.1) is 0 Å². The van der Waals surface area contributed by atoms with Gasteiger partial charge in [-0.25, -0.2) is 0 Å². The van der Waals surface area contributed by atoms with Crippen LogP contribution >= 0.6 is 0 Å². The second-order valence-electron chi connectivity index (χ2n) is 4.54. The van der Waals surface area contributed by atoms with Gasteiger partial charge in [-0.2, -0.15) is 0 Å². The highest BCUT2D eigenvalue weighted by atomic mass is 16.5. The molecule has 3 N–H and O–H groups in total. The fraction of sp³-hybridized carbons (Fsp3) is 1.00. The zero-order valence-corrected chi connectivity index (χ0v) is 9.79. The maximum atomic E-state index is 8.80. The summed E-state index contributed by atoms with van der Waals surface area (Å²) < 4.78 is 11.5. The number of hydrogen-bond donors (Lipinski definition) is 2. The van der Waals surface area contributed by atoms with Crippen molar-refractivity contribution >= 4 is 0 Å². The molecule has 0 aliphatic carbocycles. The minimum atomic E-state index is -0.300. The van der Waals surface area contributed by atoms with E-state index in [1.54, 1.807) is 0 Å². The molecule has 0 aromatic rings. The fourth-order valence-electron chi connectivity index (χ4n) is 2.15. The Bertz CT molecular complexity index is 200. The lowest BCUT2D eigenvalue weighted by molar-refractivity contribution is -0.175. The smallest absolute Gasteiger partial charge is 0.0854 e. The number of ether oxygens (including phenoxy) is 2. The fourth-order valence-corrected chi connectivity index (χ4v) is 2.15. The van der Waals surface area contributed by atoms with Crippen molar-refractivity contribution < 1.29 is 14.6 Å². The molecule has 0 saturated carbocycles. The first kappa shape index (κ1) is 12.9. The molecule has 0 bridgehead atoms. The lowest BCUT2D eigenvalue weighted by Gasteiger charge is -2.45. The van der Waals surface area contributed by atoms with E-state index in [0.29, 0.717) is 19.8 Å². The van der Waals surface area contributed by atoms with Crippen molar-refractivity contribution in [3.05, 3.63) is 0 Å². The van der Waals surface area contributed by atoms with E-state index >= 15 is 0 Å². The quantitative estimate of drug-likeness (QED) is 0.710. The number of rotatable bonds is 5. The molecule has 1 fully saturated rings. The van der Waals surface area contributed by atoms with E-state index in [0.717, 1.165) is 19.3 Å². The molecule has 1 saturated heterocycles. The molecule has 2 atom stereocenters. The van der Waals surface area contributed by atoms with Crippen LogP contribution in [0.1, 0.15) is 33.1 Å². The Morgan fingerprint density at radius 2 is 2.27 bits per heavy atom. The van der Waals surface area contributed by atoms with E-state index in [1.165, 1.54) is 0 Å². The van der Waals surface area contributed by atoms with Gasteiger partial charge < -0.3 is 20.3 Å². The highest BCUT2D eigenvalue weighted by molar-refractivity contribution is 4.94. The minimum Gasteiger partial charge on any atom is -0.394 e. The van der Waals surface area contributed by atoms with Crippen molar-refractivity contribution in [1.29, 1.82) is 0 Å². The Morgan fingerprint density at radius 3 is 2.80 bits per heavy atom. The Labute approximate surface area is 91.7 Å². The molecule has 2 unspecified atom stereocenters. The van der Waals surface area contributed by atoms with Crippen LogP contribution in [-0.4, -0.2) is 42.7 Å². The van der Waals surface area contributed by atoms with Crippen molar-refractivity contribution in [2.24, 2.45) is 5.73 Å². The molecule has 1 rings (SSSR count). The maximum Gasteiger partial charge on any atom is 0.0854 e. The van der Waals surface area contributed by atoms with E-state index in [1.807, 2.05) is 0 Å². The second kappa shape index (κ2) is 5.25. The van der Waals surface area contributed by atoms with Gasteiger partial charge in [0.1, 0.15) is 0 Å². The first-order valence-electron chi connectivity index (χ1n) is 5.68. The first-order chi connectivity index (χ1) is 7.10. The normalized spacial score (nSPS) is 36.8. The summed E-state index contributed by atoms with van der Waals surface area (Å²) >= 11 is 0. The lowest BCUT2D eigenvalue weighted by Crippen LogP contribution is -2.53. The van der Waals surface area contributed by atoms with Gasteiger partial charge in [0.2, 0.25) is 0 Å². The summed E-state index contributed by atoms with van der Waals surface area (Å²) in [7, 11) is 0. The van der Waals surface area contributed by atoms with Crippen LogP contribution in [0.4, 0.5) is 0 Å².